The van der Waals surface area contributed by atoms with Gasteiger partial charge in [0.05, 0.1) is 8.66 Å². The molecule has 0 unspecified atom stereocenters. The van der Waals surface area contributed by atoms with Gasteiger partial charge in [-0.2, -0.15) is 15.0 Å². The molecule has 0 aliphatic heterocycles. The Morgan fingerprint density at radius 1 is 1.07 bits per heavy atom. The Balaban J connectivity index is 2.51. The van der Waals surface area contributed by atoms with Crippen molar-refractivity contribution in [2.24, 2.45) is 0 Å². The molecule has 4 N–H and O–H groups in total. The predicted octanol–water partition coefficient (Wildman–Crippen LogP) is 1.53. The topological polar surface area (TPSA) is 90.7 Å². The van der Waals surface area contributed by atoms with Crippen LogP contribution in [-0.2, 0) is 0 Å². The fourth-order valence-electron chi connectivity index (χ4n) is 0.954. The number of hydrogen-bond donors (Lipinski definition) is 2. The largest absolute Gasteiger partial charge is 0.368 e. The van der Waals surface area contributed by atoms with Crippen LogP contribution in [0.2, 0.25) is 0 Å². The second-order valence-electron chi connectivity index (χ2n) is 2.48. The molecule has 0 saturated heterocycles. The van der Waals surface area contributed by atoms with Gasteiger partial charge in [0.15, 0.2) is 5.82 Å². The standard InChI is InChI=1S/C7H6BrN5S/c8-4-2-1-3(14-4)5-11-6(9)13-7(10)12-5/h1-2H,(H4,9,10,11,12,13). The van der Waals surface area contributed by atoms with Gasteiger partial charge in [0, 0.05) is 0 Å². The van der Waals surface area contributed by atoms with E-state index in [4.69, 9.17) is 11.5 Å². The van der Waals surface area contributed by atoms with Crippen LogP contribution in [0.25, 0.3) is 10.7 Å². The Hall–Kier alpha value is -1.21. The monoisotopic (exact) mass is 271 g/mol. The van der Waals surface area contributed by atoms with Gasteiger partial charge in [-0.05, 0) is 28.1 Å². The number of anilines is 2. The van der Waals surface area contributed by atoms with E-state index in [0.717, 1.165) is 8.66 Å². The summed E-state index contributed by atoms with van der Waals surface area (Å²) in [5.74, 6) is 0.778. The van der Waals surface area contributed by atoms with Crippen LogP contribution in [0.1, 0.15) is 0 Å². The van der Waals surface area contributed by atoms with Crippen molar-refractivity contribution >= 4 is 39.2 Å². The highest BCUT2D eigenvalue weighted by atomic mass is 79.9. The lowest BCUT2D eigenvalue weighted by Crippen LogP contribution is -2.03. The number of thiophene rings is 1. The average molecular weight is 272 g/mol. The summed E-state index contributed by atoms with van der Waals surface area (Å²) >= 11 is 4.86. The van der Waals surface area contributed by atoms with E-state index in [-0.39, 0.29) is 11.9 Å². The molecule has 14 heavy (non-hydrogen) atoms. The lowest BCUT2D eigenvalue weighted by atomic mass is 10.4. The molecule has 0 amide bonds. The summed E-state index contributed by atoms with van der Waals surface area (Å²) < 4.78 is 1.00. The zero-order valence-corrected chi connectivity index (χ0v) is 9.34. The van der Waals surface area contributed by atoms with E-state index in [2.05, 4.69) is 30.9 Å². The Labute approximate surface area is 92.3 Å². The quantitative estimate of drug-likeness (QED) is 0.821. The summed E-state index contributed by atoms with van der Waals surface area (Å²) in [6.45, 7) is 0. The summed E-state index contributed by atoms with van der Waals surface area (Å²) in [5, 5.41) is 0. The Kier molecular flexibility index (Phi) is 2.34. The molecule has 7 heteroatoms. The molecule has 0 aliphatic rings. The van der Waals surface area contributed by atoms with Gasteiger partial charge in [0.25, 0.3) is 0 Å². The summed E-state index contributed by atoms with van der Waals surface area (Å²) in [7, 11) is 0. The molecule has 5 nitrogen and oxygen atoms in total. The van der Waals surface area contributed by atoms with Crippen LogP contribution < -0.4 is 11.5 Å². The third-order valence-electron chi connectivity index (χ3n) is 1.46. The summed E-state index contributed by atoms with van der Waals surface area (Å²) in [6, 6.07) is 3.80. The number of nitrogens with zero attached hydrogens (tertiary/aromatic N) is 3. The second-order valence-corrected chi connectivity index (χ2v) is 4.94. The minimum absolute atomic E-state index is 0.136. The maximum atomic E-state index is 5.45. The number of nitrogen functional groups attached to an aromatic ring is 2. The van der Waals surface area contributed by atoms with E-state index >= 15 is 0 Å². The molecule has 0 fully saturated rings. The van der Waals surface area contributed by atoms with Crippen LogP contribution in [-0.4, -0.2) is 15.0 Å². The number of nitrogens with two attached hydrogens (primary N) is 2. The van der Waals surface area contributed by atoms with Gasteiger partial charge < -0.3 is 11.5 Å². The van der Waals surface area contributed by atoms with E-state index in [9.17, 15) is 0 Å². The van der Waals surface area contributed by atoms with E-state index in [1.54, 1.807) is 0 Å². The first-order valence-corrected chi connectivity index (χ1v) is 5.29. The molecule has 0 aliphatic carbocycles. The molecule has 0 atom stereocenters. The number of rotatable bonds is 1. The van der Waals surface area contributed by atoms with Crippen LogP contribution in [0.4, 0.5) is 11.9 Å². The van der Waals surface area contributed by atoms with Crippen molar-refractivity contribution in [2.45, 2.75) is 0 Å². The molecule has 2 aromatic heterocycles. The molecule has 2 aromatic rings. The van der Waals surface area contributed by atoms with Crippen molar-refractivity contribution < 1.29 is 0 Å². The zero-order valence-electron chi connectivity index (χ0n) is 6.94. The van der Waals surface area contributed by atoms with Gasteiger partial charge in [-0.3, -0.25) is 0 Å². The third-order valence-corrected chi connectivity index (χ3v) is 3.08. The SMILES string of the molecule is Nc1nc(N)nc(-c2ccc(Br)s2)n1. The van der Waals surface area contributed by atoms with Gasteiger partial charge in [-0.15, -0.1) is 11.3 Å². The highest BCUT2D eigenvalue weighted by molar-refractivity contribution is 9.11. The van der Waals surface area contributed by atoms with Gasteiger partial charge in [-0.1, -0.05) is 0 Å². The van der Waals surface area contributed by atoms with Gasteiger partial charge in [-0.25, -0.2) is 0 Å². The third kappa shape index (κ3) is 1.83. The molecule has 72 valence electrons. The Bertz CT molecular complexity index is 449. The number of hydrogen-bond acceptors (Lipinski definition) is 6. The van der Waals surface area contributed by atoms with E-state index in [1.807, 2.05) is 12.1 Å². The number of aromatic nitrogens is 3. The summed E-state index contributed by atoms with van der Waals surface area (Å²) in [5.41, 5.74) is 10.9. The van der Waals surface area contributed by atoms with E-state index in [1.165, 1.54) is 11.3 Å². The average Bonchev–Trinajstić information content (AvgIpc) is 2.50. The van der Waals surface area contributed by atoms with E-state index < -0.39 is 0 Å². The molecule has 2 rings (SSSR count). The van der Waals surface area contributed by atoms with Gasteiger partial charge in [0.1, 0.15) is 0 Å². The molecule has 0 spiro atoms. The minimum atomic E-state index is 0.136. The fraction of sp³-hybridized carbons (Fsp3) is 0. The van der Waals surface area contributed by atoms with Crippen LogP contribution in [0.15, 0.2) is 15.9 Å². The van der Waals surface area contributed by atoms with E-state index in [0.29, 0.717) is 5.82 Å². The molecular weight excluding hydrogens is 266 g/mol. The first kappa shape index (κ1) is 9.35. The number of halogens is 1. The maximum Gasteiger partial charge on any atom is 0.225 e. The second kappa shape index (κ2) is 3.50. The van der Waals surface area contributed by atoms with Gasteiger partial charge >= 0.3 is 0 Å². The van der Waals surface area contributed by atoms with Crippen molar-refractivity contribution in [2.75, 3.05) is 11.5 Å². The first-order valence-electron chi connectivity index (χ1n) is 3.68. The van der Waals surface area contributed by atoms with Crippen LogP contribution >= 0.6 is 27.3 Å². The highest BCUT2D eigenvalue weighted by Gasteiger charge is 2.06. The molecule has 0 aromatic carbocycles. The Morgan fingerprint density at radius 3 is 2.21 bits per heavy atom. The molecule has 0 bridgehead atoms. The fourth-order valence-corrected chi connectivity index (χ4v) is 2.27. The van der Waals surface area contributed by atoms with Crippen molar-refractivity contribution in [3.8, 4) is 10.7 Å². The van der Waals surface area contributed by atoms with Crippen molar-refractivity contribution in [3.63, 3.8) is 0 Å². The Morgan fingerprint density at radius 2 is 1.71 bits per heavy atom. The van der Waals surface area contributed by atoms with Crippen molar-refractivity contribution in [1.29, 1.82) is 0 Å². The zero-order chi connectivity index (χ0) is 10.1. The maximum absolute atomic E-state index is 5.45. The molecule has 0 saturated carbocycles. The van der Waals surface area contributed by atoms with Crippen LogP contribution in [0.3, 0.4) is 0 Å². The van der Waals surface area contributed by atoms with Crippen LogP contribution in [0.5, 0.6) is 0 Å². The normalized spacial score (nSPS) is 10.4. The van der Waals surface area contributed by atoms with Crippen LogP contribution in [0, 0.1) is 0 Å². The lowest BCUT2D eigenvalue weighted by molar-refractivity contribution is 1.09. The first-order chi connectivity index (χ1) is 6.65. The smallest absolute Gasteiger partial charge is 0.225 e. The van der Waals surface area contributed by atoms with Crippen molar-refractivity contribution in [3.05, 3.63) is 15.9 Å². The van der Waals surface area contributed by atoms with Crippen molar-refractivity contribution in [1.82, 2.24) is 15.0 Å². The summed E-state index contributed by atoms with van der Waals surface area (Å²) in [4.78, 5) is 12.6. The predicted molar refractivity (Wildman–Crippen MR) is 59.7 cm³/mol. The minimum Gasteiger partial charge on any atom is -0.368 e. The van der Waals surface area contributed by atoms with Gasteiger partial charge in [0.2, 0.25) is 11.9 Å². The molecular formula is C7H6BrN5S. The lowest BCUT2D eigenvalue weighted by Gasteiger charge is -1.98. The summed E-state index contributed by atoms with van der Waals surface area (Å²) in [6.07, 6.45) is 0. The molecule has 0 radical (unpaired) electrons. The highest BCUT2D eigenvalue weighted by Crippen LogP contribution is 2.29. The molecule has 2 heterocycles.